The van der Waals surface area contributed by atoms with Gasteiger partial charge in [-0.3, -0.25) is 4.79 Å². The first-order valence-corrected chi connectivity index (χ1v) is 7.25. The molecule has 0 spiro atoms. The predicted octanol–water partition coefficient (Wildman–Crippen LogP) is 2.15. The SMILES string of the molecule is CCCN(CC1CC1)C(=O)C1CCCC(N)C1. The van der Waals surface area contributed by atoms with Gasteiger partial charge < -0.3 is 10.6 Å². The van der Waals surface area contributed by atoms with Crippen LogP contribution in [0.3, 0.4) is 0 Å². The van der Waals surface area contributed by atoms with Crippen molar-refractivity contribution in [3.63, 3.8) is 0 Å². The zero-order valence-electron chi connectivity index (χ0n) is 11.0. The molecule has 0 aromatic heterocycles. The first-order valence-electron chi connectivity index (χ1n) is 7.25. The minimum absolute atomic E-state index is 0.212. The van der Waals surface area contributed by atoms with Gasteiger partial charge in [0.05, 0.1) is 0 Å². The van der Waals surface area contributed by atoms with Gasteiger partial charge in [0.15, 0.2) is 0 Å². The molecule has 2 aliphatic rings. The van der Waals surface area contributed by atoms with Crippen molar-refractivity contribution in [2.24, 2.45) is 17.6 Å². The first kappa shape index (κ1) is 12.9. The van der Waals surface area contributed by atoms with Crippen LogP contribution in [0.25, 0.3) is 0 Å². The van der Waals surface area contributed by atoms with Crippen molar-refractivity contribution >= 4 is 5.91 Å². The number of hydrogen-bond acceptors (Lipinski definition) is 2. The highest BCUT2D eigenvalue weighted by Crippen LogP contribution is 2.31. The number of rotatable bonds is 5. The fraction of sp³-hybridized carbons (Fsp3) is 0.929. The molecular formula is C14H26N2O. The Labute approximate surface area is 105 Å². The Balaban J connectivity index is 1.88. The van der Waals surface area contributed by atoms with Crippen molar-refractivity contribution in [1.29, 1.82) is 0 Å². The van der Waals surface area contributed by atoms with Crippen molar-refractivity contribution in [2.45, 2.75) is 57.9 Å². The second-order valence-corrected chi connectivity index (χ2v) is 5.85. The molecule has 2 rings (SSSR count). The first-order chi connectivity index (χ1) is 8.20. The summed E-state index contributed by atoms with van der Waals surface area (Å²) in [6, 6.07) is 0.252. The zero-order valence-corrected chi connectivity index (χ0v) is 11.0. The molecule has 0 aromatic rings. The predicted molar refractivity (Wildman–Crippen MR) is 69.5 cm³/mol. The minimum atomic E-state index is 0.212. The molecule has 0 bridgehead atoms. The summed E-state index contributed by atoms with van der Waals surface area (Å²) in [4.78, 5) is 14.6. The maximum absolute atomic E-state index is 12.5. The average Bonchev–Trinajstić information content (AvgIpc) is 3.11. The Morgan fingerprint density at radius 2 is 2.06 bits per heavy atom. The summed E-state index contributed by atoms with van der Waals surface area (Å²) >= 11 is 0. The van der Waals surface area contributed by atoms with Gasteiger partial charge in [-0.1, -0.05) is 13.3 Å². The molecule has 98 valence electrons. The standard InChI is InChI=1S/C14H26N2O/c1-2-8-16(10-11-6-7-11)14(17)12-4-3-5-13(15)9-12/h11-13H,2-10,15H2,1H3. The van der Waals surface area contributed by atoms with Gasteiger partial charge in [-0.05, 0) is 44.4 Å². The molecule has 0 aromatic carbocycles. The summed E-state index contributed by atoms with van der Waals surface area (Å²) in [5.41, 5.74) is 5.98. The van der Waals surface area contributed by atoms with Gasteiger partial charge in [-0.25, -0.2) is 0 Å². The summed E-state index contributed by atoms with van der Waals surface area (Å²) in [5.74, 6) is 1.39. The lowest BCUT2D eigenvalue weighted by Crippen LogP contribution is -2.42. The van der Waals surface area contributed by atoms with E-state index >= 15 is 0 Å². The van der Waals surface area contributed by atoms with E-state index in [9.17, 15) is 4.79 Å². The molecule has 3 heteroatoms. The fourth-order valence-electron chi connectivity index (χ4n) is 2.88. The van der Waals surface area contributed by atoms with Crippen LogP contribution in [0.2, 0.25) is 0 Å². The number of nitrogens with zero attached hydrogens (tertiary/aromatic N) is 1. The number of nitrogens with two attached hydrogens (primary N) is 1. The fourth-order valence-corrected chi connectivity index (χ4v) is 2.88. The Hall–Kier alpha value is -0.570. The van der Waals surface area contributed by atoms with Gasteiger partial charge in [-0.2, -0.15) is 0 Å². The Bertz CT molecular complexity index is 263. The number of amides is 1. The van der Waals surface area contributed by atoms with E-state index in [0.29, 0.717) is 5.91 Å². The second-order valence-electron chi connectivity index (χ2n) is 5.85. The van der Waals surface area contributed by atoms with Crippen LogP contribution in [0.1, 0.15) is 51.9 Å². The smallest absolute Gasteiger partial charge is 0.225 e. The second kappa shape index (κ2) is 5.85. The van der Waals surface area contributed by atoms with E-state index in [1.54, 1.807) is 0 Å². The van der Waals surface area contributed by atoms with Crippen molar-refractivity contribution < 1.29 is 4.79 Å². The Kier molecular flexibility index (Phi) is 4.43. The van der Waals surface area contributed by atoms with Gasteiger partial charge in [0.1, 0.15) is 0 Å². The summed E-state index contributed by atoms with van der Waals surface area (Å²) in [7, 11) is 0. The number of carbonyl (C=O) groups is 1. The molecule has 2 N–H and O–H groups in total. The summed E-state index contributed by atoms with van der Waals surface area (Å²) in [6.07, 6.45) is 7.88. The van der Waals surface area contributed by atoms with Crippen LogP contribution in [0.15, 0.2) is 0 Å². The lowest BCUT2D eigenvalue weighted by atomic mass is 9.85. The number of hydrogen-bond donors (Lipinski definition) is 1. The van der Waals surface area contributed by atoms with Gasteiger partial charge in [0.2, 0.25) is 5.91 Å². The van der Waals surface area contributed by atoms with E-state index in [-0.39, 0.29) is 12.0 Å². The van der Waals surface area contributed by atoms with E-state index in [0.717, 1.165) is 51.1 Å². The van der Waals surface area contributed by atoms with E-state index < -0.39 is 0 Å². The third-order valence-corrected chi connectivity index (χ3v) is 4.04. The molecule has 0 heterocycles. The largest absolute Gasteiger partial charge is 0.342 e. The highest BCUT2D eigenvalue weighted by atomic mass is 16.2. The molecule has 0 saturated heterocycles. The highest BCUT2D eigenvalue weighted by Gasteiger charge is 2.32. The molecule has 0 radical (unpaired) electrons. The molecule has 2 aliphatic carbocycles. The monoisotopic (exact) mass is 238 g/mol. The summed E-state index contributed by atoms with van der Waals surface area (Å²) in [5, 5.41) is 0. The van der Waals surface area contributed by atoms with E-state index in [2.05, 4.69) is 11.8 Å². The molecule has 0 aliphatic heterocycles. The van der Waals surface area contributed by atoms with Crippen LogP contribution >= 0.6 is 0 Å². The summed E-state index contributed by atoms with van der Waals surface area (Å²) < 4.78 is 0. The molecule has 2 atom stereocenters. The highest BCUT2D eigenvalue weighted by molar-refractivity contribution is 5.79. The summed E-state index contributed by atoms with van der Waals surface area (Å²) in [6.45, 7) is 4.08. The van der Waals surface area contributed by atoms with Gasteiger partial charge in [-0.15, -0.1) is 0 Å². The number of carbonyl (C=O) groups excluding carboxylic acids is 1. The Morgan fingerprint density at radius 1 is 1.29 bits per heavy atom. The van der Waals surface area contributed by atoms with E-state index in [4.69, 9.17) is 5.73 Å². The lowest BCUT2D eigenvalue weighted by Gasteiger charge is -2.31. The van der Waals surface area contributed by atoms with Crippen LogP contribution in [-0.2, 0) is 4.79 Å². The van der Waals surface area contributed by atoms with Crippen molar-refractivity contribution in [3.8, 4) is 0 Å². The quantitative estimate of drug-likeness (QED) is 0.797. The van der Waals surface area contributed by atoms with Crippen LogP contribution in [-0.4, -0.2) is 29.9 Å². The maximum atomic E-state index is 12.5. The van der Waals surface area contributed by atoms with Crippen LogP contribution in [0.5, 0.6) is 0 Å². The van der Waals surface area contributed by atoms with Crippen molar-refractivity contribution in [1.82, 2.24) is 4.90 Å². The molecule has 3 nitrogen and oxygen atoms in total. The third-order valence-electron chi connectivity index (χ3n) is 4.04. The maximum Gasteiger partial charge on any atom is 0.225 e. The molecule has 2 unspecified atom stereocenters. The van der Waals surface area contributed by atoms with E-state index in [1.165, 1.54) is 12.8 Å². The molecule has 1 amide bonds. The zero-order chi connectivity index (χ0) is 12.3. The van der Waals surface area contributed by atoms with Crippen molar-refractivity contribution in [2.75, 3.05) is 13.1 Å². The normalized spacial score (nSPS) is 29.1. The van der Waals surface area contributed by atoms with Gasteiger partial charge >= 0.3 is 0 Å². The molecule has 2 saturated carbocycles. The Morgan fingerprint density at radius 3 is 2.65 bits per heavy atom. The minimum Gasteiger partial charge on any atom is -0.342 e. The lowest BCUT2D eigenvalue weighted by molar-refractivity contribution is -0.137. The average molecular weight is 238 g/mol. The van der Waals surface area contributed by atoms with Gasteiger partial charge in [0.25, 0.3) is 0 Å². The van der Waals surface area contributed by atoms with Crippen molar-refractivity contribution in [3.05, 3.63) is 0 Å². The molecular weight excluding hydrogens is 212 g/mol. The van der Waals surface area contributed by atoms with Gasteiger partial charge in [0, 0.05) is 25.0 Å². The van der Waals surface area contributed by atoms with Crippen LogP contribution < -0.4 is 5.73 Å². The third kappa shape index (κ3) is 3.70. The van der Waals surface area contributed by atoms with Crippen LogP contribution in [0, 0.1) is 11.8 Å². The van der Waals surface area contributed by atoms with E-state index in [1.807, 2.05) is 0 Å². The van der Waals surface area contributed by atoms with Crippen LogP contribution in [0.4, 0.5) is 0 Å². The molecule has 2 fully saturated rings. The molecule has 17 heavy (non-hydrogen) atoms. The topological polar surface area (TPSA) is 46.3 Å².